The molecule has 0 fully saturated rings. The Kier molecular flexibility index (Phi) is 4.09. The summed E-state index contributed by atoms with van der Waals surface area (Å²) < 4.78 is 33.2. The van der Waals surface area contributed by atoms with Crippen molar-refractivity contribution in [1.82, 2.24) is 19.5 Å². The highest BCUT2D eigenvalue weighted by molar-refractivity contribution is 7.89. The summed E-state index contributed by atoms with van der Waals surface area (Å²) in [7, 11) is -3.89. The standard InChI is InChI=1S/C11H14N4O5S/c1-3-15-6-12-14-10(15)5-13-21(18,19)9-4-8(11(16)17)20-7(9)2/h4,6,13H,3,5H2,1-2H3,(H,16,17). The van der Waals surface area contributed by atoms with Crippen molar-refractivity contribution >= 4 is 16.0 Å². The number of aryl methyl sites for hydroxylation is 2. The van der Waals surface area contributed by atoms with Gasteiger partial charge in [0, 0.05) is 12.6 Å². The van der Waals surface area contributed by atoms with Crippen LogP contribution in [0.2, 0.25) is 0 Å². The molecule has 2 aromatic heterocycles. The van der Waals surface area contributed by atoms with Crippen molar-refractivity contribution in [3.8, 4) is 0 Å². The van der Waals surface area contributed by atoms with Crippen LogP contribution in [0, 0.1) is 6.92 Å². The maximum Gasteiger partial charge on any atom is 0.371 e. The molecule has 0 unspecified atom stereocenters. The van der Waals surface area contributed by atoms with Gasteiger partial charge < -0.3 is 14.1 Å². The van der Waals surface area contributed by atoms with Gasteiger partial charge in [-0.15, -0.1) is 10.2 Å². The number of furan rings is 1. The molecule has 2 aromatic rings. The molecule has 10 heteroatoms. The Balaban J connectivity index is 2.21. The average molecular weight is 314 g/mol. The highest BCUT2D eigenvalue weighted by Gasteiger charge is 2.24. The molecule has 2 N–H and O–H groups in total. The molecule has 21 heavy (non-hydrogen) atoms. The van der Waals surface area contributed by atoms with E-state index < -0.39 is 21.8 Å². The van der Waals surface area contributed by atoms with Crippen molar-refractivity contribution in [2.45, 2.75) is 31.8 Å². The first-order valence-corrected chi connectivity index (χ1v) is 7.53. The van der Waals surface area contributed by atoms with Crippen LogP contribution >= 0.6 is 0 Å². The summed E-state index contributed by atoms with van der Waals surface area (Å²) in [5, 5.41) is 16.3. The summed E-state index contributed by atoms with van der Waals surface area (Å²) in [6, 6.07) is 0.977. The molecule has 0 aliphatic heterocycles. The minimum Gasteiger partial charge on any atom is -0.475 e. The number of carboxylic acids is 1. The molecule has 0 spiro atoms. The Morgan fingerprint density at radius 3 is 2.81 bits per heavy atom. The van der Waals surface area contributed by atoms with Crippen molar-refractivity contribution in [2.75, 3.05) is 0 Å². The van der Waals surface area contributed by atoms with E-state index in [9.17, 15) is 13.2 Å². The third kappa shape index (κ3) is 3.11. The van der Waals surface area contributed by atoms with Crippen LogP contribution in [0.5, 0.6) is 0 Å². The number of hydrogen-bond acceptors (Lipinski definition) is 6. The van der Waals surface area contributed by atoms with Gasteiger partial charge in [0.25, 0.3) is 0 Å². The summed E-state index contributed by atoms with van der Waals surface area (Å²) >= 11 is 0. The van der Waals surface area contributed by atoms with Crippen LogP contribution in [0.15, 0.2) is 21.7 Å². The zero-order valence-electron chi connectivity index (χ0n) is 11.4. The van der Waals surface area contributed by atoms with E-state index >= 15 is 0 Å². The molecule has 0 amide bonds. The number of aromatic nitrogens is 3. The first-order chi connectivity index (χ1) is 9.85. The fraction of sp³-hybridized carbons (Fsp3) is 0.364. The highest BCUT2D eigenvalue weighted by atomic mass is 32.2. The zero-order chi connectivity index (χ0) is 15.6. The number of nitrogens with zero attached hydrogens (tertiary/aromatic N) is 3. The second-order valence-electron chi connectivity index (χ2n) is 4.19. The lowest BCUT2D eigenvalue weighted by Crippen LogP contribution is -2.25. The Hall–Kier alpha value is -2.20. The van der Waals surface area contributed by atoms with Gasteiger partial charge in [0.05, 0.1) is 6.54 Å². The predicted molar refractivity (Wildman–Crippen MR) is 70.1 cm³/mol. The molecule has 0 aliphatic carbocycles. The number of carboxylic acid groups (broad SMARTS) is 1. The van der Waals surface area contributed by atoms with Gasteiger partial charge in [-0.05, 0) is 13.8 Å². The molecule has 114 valence electrons. The van der Waals surface area contributed by atoms with Crippen LogP contribution in [0.4, 0.5) is 0 Å². The molecule has 0 saturated carbocycles. The summed E-state index contributed by atoms with van der Waals surface area (Å²) in [5.41, 5.74) is 0. The van der Waals surface area contributed by atoms with E-state index in [0.29, 0.717) is 12.4 Å². The van der Waals surface area contributed by atoms with E-state index in [1.54, 1.807) is 4.57 Å². The fourth-order valence-electron chi connectivity index (χ4n) is 1.75. The van der Waals surface area contributed by atoms with Crippen molar-refractivity contribution in [1.29, 1.82) is 0 Å². The number of rotatable bonds is 6. The second-order valence-corrected chi connectivity index (χ2v) is 5.93. The smallest absolute Gasteiger partial charge is 0.371 e. The van der Waals surface area contributed by atoms with Gasteiger partial charge in [-0.3, -0.25) is 0 Å². The predicted octanol–water partition coefficient (Wildman–Crippen LogP) is 0.376. The zero-order valence-corrected chi connectivity index (χ0v) is 12.2. The molecular formula is C11H14N4O5S. The van der Waals surface area contributed by atoms with Crippen LogP contribution in [0.1, 0.15) is 29.1 Å². The van der Waals surface area contributed by atoms with Crippen LogP contribution in [0.25, 0.3) is 0 Å². The molecule has 0 radical (unpaired) electrons. The second kappa shape index (κ2) is 5.66. The number of aromatic carboxylic acids is 1. The monoisotopic (exact) mass is 314 g/mol. The minimum atomic E-state index is -3.89. The lowest BCUT2D eigenvalue weighted by molar-refractivity contribution is 0.0661. The lowest BCUT2D eigenvalue weighted by Gasteiger charge is -2.06. The molecule has 0 bridgehead atoms. The Morgan fingerprint density at radius 2 is 2.24 bits per heavy atom. The first kappa shape index (κ1) is 15.2. The summed E-state index contributed by atoms with van der Waals surface area (Å²) in [6.45, 7) is 3.82. The Labute approximate surface area is 120 Å². The molecule has 0 atom stereocenters. The van der Waals surface area contributed by atoms with Crippen LogP contribution in [-0.4, -0.2) is 34.3 Å². The SMILES string of the molecule is CCn1cnnc1CNS(=O)(=O)c1cc(C(=O)O)oc1C. The average Bonchev–Trinajstić information content (AvgIpc) is 3.02. The molecule has 0 aliphatic rings. The van der Waals surface area contributed by atoms with E-state index in [1.807, 2.05) is 6.92 Å². The largest absolute Gasteiger partial charge is 0.475 e. The minimum absolute atomic E-state index is 0.0110. The summed E-state index contributed by atoms with van der Waals surface area (Å²) in [6.07, 6.45) is 1.50. The molecule has 0 aromatic carbocycles. The molecule has 9 nitrogen and oxygen atoms in total. The Morgan fingerprint density at radius 1 is 1.52 bits per heavy atom. The normalized spacial score (nSPS) is 11.7. The van der Waals surface area contributed by atoms with Gasteiger partial charge in [-0.1, -0.05) is 0 Å². The molecule has 2 rings (SSSR count). The van der Waals surface area contributed by atoms with E-state index in [4.69, 9.17) is 9.52 Å². The van der Waals surface area contributed by atoms with Crippen molar-refractivity contribution < 1.29 is 22.7 Å². The Bertz CT molecular complexity index is 761. The third-order valence-corrected chi connectivity index (χ3v) is 4.34. The molecule has 0 saturated heterocycles. The van der Waals surface area contributed by atoms with Gasteiger partial charge in [-0.25, -0.2) is 17.9 Å². The van der Waals surface area contributed by atoms with Crippen LogP contribution in [0.3, 0.4) is 0 Å². The highest BCUT2D eigenvalue weighted by Crippen LogP contribution is 2.20. The summed E-state index contributed by atoms with van der Waals surface area (Å²) in [4.78, 5) is 10.6. The van der Waals surface area contributed by atoms with Crippen molar-refractivity contribution in [2.24, 2.45) is 0 Å². The van der Waals surface area contributed by atoms with E-state index in [0.717, 1.165) is 6.07 Å². The van der Waals surface area contributed by atoms with E-state index in [1.165, 1.54) is 13.3 Å². The molecular weight excluding hydrogens is 300 g/mol. The van der Waals surface area contributed by atoms with E-state index in [-0.39, 0.29) is 17.2 Å². The van der Waals surface area contributed by atoms with Gasteiger partial charge in [0.15, 0.2) is 0 Å². The molecule has 2 heterocycles. The number of hydrogen-bond donors (Lipinski definition) is 2. The lowest BCUT2D eigenvalue weighted by atomic mass is 10.4. The number of carbonyl (C=O) groups is 1. The van der Waals surface area contributed by atoms with Crippen LogP contribution in [-0.2, 0) is 23.1 Å². The maximum atomic E-state index is 12.2. The van der Waals surface area contributed by atoms with Crippen molar-refractivity contribution in [3.63, 3.8) is 0 Å². The fourth-order valence-corrected chi connectivity index (χ4v) is 2.91. The maximum absolute atomic E-state index is 12.2. The number of sulfonamides is 1. The topological polar surface area (TPSA) is 127 Å². The van der Waals surface area contributed by atoms with Crippen LogP contribution < -0.4 is 4.72 Å². The number of nitrogens with one attached hydrogen (secondary N) is 1. The van der Waals surface area contributed by atoms with Gasteiger partial charge in [-0.2, -0.15) is 0 Å². The van der Waals surface area contributed by atoms with Gasteiger partial charge >= 0.3 is 5.97 Å². The van der Waals surface area contributed by atoms with E-state index in [2.05, 4.69) is 14.9 Å². The third-order valence-electron chi connectivity index (χ3n) is 2.83. The summed E-state index contributed by atoms with van der Waals surface area (Å²) in [5.74, 6) is -1.28. The van der Waals surface area contributed by atoms with Crippen molar-refractivity contribution in [3.05, 3.63) is 29.7 Å². The first-order valence-electron chi connectivity index (χ1n) is 6.05. The van der Waals surface area contributed by atoms with Gasteiger partial charge in [0.1, 0.15) is 22.8 Å². The van der Waals surface area contributed by atoms with Gasteiger partial charge in [0.2, 0.25) is 15.8 Å². The quantitative estimate of drug-likeness (QED) is 0.788.